The lowest BCUT2D eigenvalue weighted by Crippen LogP contribution is -2.54. The van der Waals surface area contributed by atoms with Gasteiger partial charge in [-0.2, -0.15) is 0 Å². The van der Waals surface area contributed by atoms with Crippen LogP contribution in [-0.2, 0) is 9.47 Å². The van der Waals surface area contributed by atoms with E-state index in [0.717, 1.165) is 13.2 Å². The van der Waals surface area contributed by atoms with E-state index in [2.05, 4.69) is 12.2 Å². The summed E-state index contributed by atoms with van der Waals surface area (Å²) in [5.74, 6) is 0. The molecule has 0 aliphatic heterocycles. The summed E-state index contributed by atoms with van der Waals surface area (Å²) in [6, 6.07) is 0.661. The maximum atomic E-state index is 5.57. The first kappa shape index (κ1) is 11.4. The molecular weight excluding hydrogens is 190 g/mol. The molecule has 0 unspecified atom stereocenters. The van der Waals surface area contributed by atoms with Crippen LogP contribution in [0.1, 0.15) is 39.0 Å². The first-order chi connectivity index (χ1) is 7.28. The molecule has 88 valence electrons. The number of rotatable bonds is 6. The smallest absolute Gasteiger partial charge is 0.0802 e. The highest BCUT2D eigenvalue weighted by molar-refractivity contribution is 4.94. The predicted molar refractivity (Wildman–Crippen MR) is 60.0 cm³/mol. The number of methoxy groups -OCH3 is 1. The molecule has 3 heteroatoms. The number of ether oxygens (including phenoxy) is 2. The van der Waals surface area contributed by atoms with E-state index in [9.17, 15) is 0 Å². The zero-order valence-corrected chi connectivity index (χ0v) is 9.92. The average molecular weight is 213 g/mol. The van der Waals surface area contributed by atoms with Gasteiger partial charge in [-0.3, -0.25) is 0 Å². The van der Waals surface area contributed by atoms with Gasteiger partial charge in [-0.25, -0.2) is 0 Å². The Labute approximate surface area is 92.5 Å². The molecule has 0 heterocycles. The van der Waals surface area contributed by atoms with E-state index in [0.29, 0.717) is 12.1 Å². The third-order valence-corrected chi connectivity index (χ3v) is 3.91. The van der Waals surface area contributed by atoms with E-state index >= 15 is 0 Å². The zero-order valence-electron chi connectivity index (χ0n) is 9.92. The van der Waals surface area contributed by atoms with Gasteiger partial charge < -0.3 is 14.8 Å². The summed E-state index contributed by atoms with van der Waals surface area (Å²) in [4.78, 5) is 0. The Kier molecular flexibility index (Phi) is 3.65. The molecule has 3 nitrogen and oxygen atoms in total. The van der Waals surface area contributed by atoms with Crippen molar-refractivity contribution in [3.8, 4) is 0 Å². The van der Waals surface area contributed by atoms with Gasteiger partial charge in [0.2, 0.25) is 0 Å². The number of hydrogen-bond donors (Lipinski definition) is 1. The van der Waals surface area contributed by atoms with Crippen LogP contribution in [0.4, 0.5) is 0 Å². The summed E-state index contributed by atoms with van der Waals surface area (Å²) in [6.45, 7) is 3.93. The van der Waals surface area contributed by atoms with Crippen molar-refractivity contribution in [1.82, 2.24) is 5.32 Å². The molecule has 0 radical (unpaired) electrons. The van der Waals surface area contributed by atoms with Crippen LogP contribution in [0.15, 0.2) is 0 Å². The number of nitrogens with one attached hydrogen (secondary N) is 1. The van der Waals surface area contributed by atoms with E-state index in [1.54, 1.807) is 0 Å². The molecule has 0 saturated heterocycles. The minimum Gasteiger partial charge on any atom is -0.378 e. The molecule has 2 aliphatic rings. The van der Waals surface area contributed by atoms with Crippen LogP contribution in [0, 0.1) is 0 Å². The molecule has 15 heavy (non-hydrogen) atoms. The van der Waals surface area contributed by atoms with Crippen molar-refractivity contribution < 1.29 is 9.47 Å². The van der Waals surface area contributed by atoms with Crippen molar-refractivity contribution in [2.24, 2.45) is 0 Å². The van der Waals surface area contributed by atoms with Crippen molar-refractivity contribution in [2.45, 2.75) is 56.8 Å². The minimum absolute atomic E-state index is 0.163. The quantitative estimate of drug-likeness (QED) is 0.728. The maximum absolute atomic E-state index is 5.57. The third-order valence-electron chi connectivity index (χ3n) is 3.91. The van der Waals surface area contributed by atoms with E-state index in [1.165, 1.54) is 32.1 Å². The van der Waals surface area contributed by atoms with Crippen LogP contribution < -0.4 is 5.32 Å². The Morgan fingerprint density at radius 1 is 1.33 bits per heavy atom. The summed E-state index contributed by atoms with van der Waals surface area (Å²) in [5.41, 5.74) is 0.163. The molecule has 2 saturated carbocycles. The molecule has 0 atom stereocenters. The maximum Gasteiger partial charge on any atom is 0.0802 e. The average Bonchev–Trinajstić information content (AvgIpc) is 2.12. The largest absolute Gasteiger partial charge is 0.378 e. The SMILES string of the molecule is CCOC1CC(NCC2(OC)CCC2)C1. The summed E-state index contributed by atoms with van der Waals surface area (Å²) >= 11 is 0. The van der Waals surface area contributed by atoms with Crippen molar-refractivity contribution in [3.05, 3.63) is 0 Å². The summed E-state index contributed by atoms with van der Waals surface area (Å²) in [7, 11) is 1.84. The van der Waals surface area contributed by atoms with E-state index < -0.39 is 0 Å². The molecule has 0 aromatic rings. The Balaban J connectivity index is 1.59. The molecule has 2 rings (SSSR count). The molecule has 0 aromatic heterocycles. The molecule has 2 aliphatic carbocycles. The zero-order chi connectivity index (χ0) is 10.7. The van der Waals surface area contributed by atoms with Crippen LogP contribution in [0.2, 0.25) is 0 Å². The lowest BCUT2D eigenvalue weighted by molar-refractivity contribution is -0.0780. The van der Waals surface area contributed by atoms with E-state index in [4.69, 9.17) is 9.47 Å². The molecule has 0 amide bonds. The second-order valence-electron chi connectivity index (χ2n) is 4.87. The second-order valence-corrected chi connectivity index (χ2v) is 4.87. The van der Waals surface area contributed by atoms with E-state index in [1.807, 2.05) is 7.11 Å². The van der Waals surface area contributed by atoms with Gasteiger partial charge in [0, 0.05) is 26.3 Å². The monoisotopic (exact) mass is 213 g/mol. The van der Waals surface area contributed by atoms with Gasteiger partial charge in [-0.1, -0.05) is 0 Å². The van der Waals surface area contributed by atoms with Gasteiger partial charge in [-0.05, 0) is 39.0 Å². The van der Waals surface area contributed by atoms with Gasteiger partial charge in [0.05, 0.1) is 11.7 Å². The van der Waals surface area contributed by atoms with Crippen molar-refractivity contribution in [3.63, 3.8) is 0 Å². The fourth-order valence-corrected chi connectivity index (χ4v) is 2.46. The number of hydrogen-bond acceptors (Lipinski definition) is 3. The standard InChI is InChI=1S/C12H23NO2/c1-3-15-11-7-10(8-11)13-9-12(14-2)5-4-6-12/h10-11,13H,3-9H2,1-2H3. The lowest BCUT2D eigenvalue weighted by Gasteiger charge is -2.44. The summed E-state index contributed by atoms with van der Waals surface area (Å²) in [6.07, 6.45) is 6.62. The molecule has 2 fully saturated rings. The van der Waals surface area contributed by atoms with Crippen LogP contribution in [0.25, 0.3) is 0 Å². The van der Waals surface area contributed by atoms with Crippen LogP contribution in [0.5, 0.6) is 0 Å². The molecule has 0 aromatic carbocycles. The van der Waals surface area contributed by atoms with Crippen LogP contribution >= 0.6 is 0 Å². The normalized spacial score (nSPS) is 33.2. The summed E-state index contributed by atoms with van der Waals surface area (Å²) < 4.78 is 11.1. The van der Waals surface area contributed by atoms with Crippen molar-refractivity contribution >= 4 is 0 Å². The minimum atomic E-state index is 0.163. The first-order valence-corrected chi connectivity index (χ1v) is 6.18. The molecule has 0 spiro atoms. The van der Waals surface area contributed by atoms with Crippen LogP contribution in [-0.4, -0.2) is 38.0 Å². The Morgan fingerprint density at radius 3 is 2.53 bits per heavy atom. The van der Waals surface area contributed by atoms with Crippen molar-refractivity contribution in [1.29, 1.82) is 0 Å². The van der Waals surface area contributed by atoms with Gasteiger partial charge in [0.15, 0.2) is 0 Å². The topological polar surface area (TPSA) is 30.5 Å². The predicted octanol–water partition coefficient (Wildman–Crippen LogP) is 1.71. The molecule has 0 bridgehead atoms. The second kappa shape index (κ2) is 4.81. The van der Waals surface area contributed by atoms with Gasteiger partial charge in [-0.15, -0.1) is 0 Å². The van der Waals surface area contributed by atoms with Gasteiger partial charge in [0.25, 0.3) is 0 Å². The van der Waals surface area contributed by atoms with E-state index in [-0.39, 0.29) is 5.60 Å². The van der Waals surface area contributed by atoms with Crippen molar-refractivity contribution in [2.75, 3.05) is 20.3 Å². The summed E-state index contributed by atoms with van der Waals surface area (Å²) in [5, 5.41) is 3.60. The first-order valence-electron chi connectivity index (χ1n) is 6.18. The van der Waals surface area contributed by atoms with Crippen LogP contribution in [0.3, 0.4) is 0 Å². The highest BCUT2D eigenvalue weighted by atomic mass is 16.5. The lowest BCUT2D eigenvalue weighted by atomic mass is 9.79. The highest BCUT2D eigenvalue weighted by Gasteiger charge is 2.38. The fraction of sp³-hybridized carbons (Fsp3) is 1.00. The third kappa shape index (κ3) is 2.52. The Bertz CT molecular complexity index is 192. The Morgan fingerprint density at radius 2 is 2.07 bits per heavy atom. The highest BCUT2D eigenvalue weighted by Crippen LogP contribution is 2.35. The fourth-order valence-electron chi connectivity index (χ4n) is 2.46. The van der Waals surface area contributed by atoms with Gasteiger partial charge in [0.1, 0.15) is 0 Å². The van der Waals surface area contributed by atoms with Gasteiger partial charge >= 0.3 is 0 Å². The molecule has 1 N–H and O–H groups in total. The Hall–Kier alpha value is -0.120. The molecular formula is C12H23NO2.